The quantitative estimate of drug-likeness (QED) is 0.615. The molecule has 0 saturated heterocycles. The number of carbonyl (C=O) groups is 1. The summed E-state index contributed by atoms with van der Waals surface area (Å²) in [6.07, 6.45) is 5.12. The van der Waals surface area contributed by atoms with Crippen molar-refractivity contribution in [3.63, 3.8) is 0 Å². The Morgan fingerprint density at radius 2 is 1.56 bits per heavy atom. The molecule has 0 spiro atoms. The summed E-state index contributed by atoms with van der Waals surface area (Å²) in [4.78, 5) is 17.4. The number of aromatic nitrogens is 1. The van der Waals surface area contributed by atoms with Crippen LogP contribution in [0, 0.1) is 0 Å². The number of carbonyl (C=O) groups excluding carboxylic acids is 1. The maximum Gasteiger partial charge on any atom is 0.323 e. The van der Waals surface area contributed by atoms with E-state index in [9.17, 15) is 9.90 Å². The number of anilines is 2. The number of hydrogen-bond acceptors (Lipinski definition) is 3. The number of thiazole rings is 1. The van der Waals surface area contributed by atoms with Gasteiger partial charge in [-0.05, 0) is 55.5 Å². The Morgan fingerprint density at radius 1 is 0.926 bits per heavy atom. The van der Waals surface area contributed by atoms with Crippen molar-refractivity contribution < 1.29 is 9.90 Å². The van der Waals surface area contributed by atoms with Crippen LogP contribution >= 0.6 is 11.3 Å². The van der Waals surface area contributed by atoms with Crippen molar-refractivity contribution in [1.82, 2.24) is 4.98 Å². The SMILES string of the molecule is [O]C1(c2ncc(-c3ccc(NC(=O)Nc4ccccc4)cc3)s2)CCCC1. The van der Waals surface area contributed by atoms with Gasteiger partial charge in [0, 0.05) is 17.6 Å². The maximum atomic E-state index is 12.8. The van der Waals surface area contributed by atoms with Gasteiger partial charge in [0.25, 0.3) is 0 Å². The fourth-order valence-corrected chi connectivity index (χ4v) is 4.37. The van der Waals surface area contributed by atoms with Crippen LogP contribution in [-0.2, 0) is 10.7 Å². The Hall–Kier alpha value is -2.70. The second-order valence-corrected chi connectivity index (χ2v) is 7.78. The average Bonchev–Trinajstić information content (AvgIpc) is 3.33. The van der Waals surface area contributed by atoms with E-state index in [1.54, 1.807) is 6.20 Å². The summed E-state index contributed by atoms with van der Waals surface area (Å²) < 4.78 is 0. The van der Waals surface area contributed by atoms with Crippen molar-refractivity contribution in [2.24, 2.45) is 0 Å². The smallest absolute Gasteiger partial charge is 0.308 e. The molecule has 6 heteroatoms. The molecule has 137 valence electrons. The average molecular weight is 378 g/mol. The highest BCUT2D eigenvalue weighted by atomic mass is 32.1. The predicted octanol–water partition coefficient (Wildman–Crippen LogP) is 5.65. The number of nitrogens with zero attached hydrogens (tertiary/aromatic N) is 1. The Bertz CT molecular complexity index is 916. The normalized spacial score (nSPS) is 15.4. The second-order valence-electron chi connectivity index (χ2n) is 6.75. The van der Waals surface area contributed by atoms with Gasteiger partial charge in [-0.1, -0.05) is 30.3 Å². The minimum Gasteiger partial charge on any atom is -0.308 e. The van der Waals surface area contributed by atoms with E-state index in [1.807, 2.05) is 54.6 Å². The van der Waals surface area contributed by atoms with Crippen molar-refractivity contribution in [1.29, 1.82) is 0 Å². The first-order chi connectivity index (χ1) is 13.1. The molecule has 4 rings (SSSR count). The topological polar surface area (TPSA) is 73.9 Å². The number of urea groups is 1. The van der Waals surface area contributed by atoms with Gasteiger partial charge >= 0.3 is 6.03 Å². The van der Waals surface area contributed by atoms with Gasteiger partial charge in [0.05, 0.1) is 4.88 Å². The molecule has 1 aliphatic rings. The number of amides is 2. The third-order valence-electron chi connectivity index (χ3n) is 4.77. The molecule has 0 aliphatic heterocycles. The van der Waals surface area contributed by atoms with Crippen molar-refractivity contribution >= 4 is 28.7 Å². The zero-order valence-electron chi connectivity index (χ0n) is 14.8. The predicted molar refractivity (Wildman–Crippen MR) is 107 cm³/mol. The third kappa shape index (κ3) is 4.02. The van der Waals surface area contributed by atoms with Crippen LogP contribution in [0.3, 0.4) is 0 Å². The number of hydrogen-bond donors (Lipinski definition) is 2. The van der Waals surface area contributed by atoms with Gasteiger partial charge in [-0.25, -0.2) is 14.9 Å². The Labute approximate surface area is 162 Å². The van der Waals surface area contributed by atoms with Crippen LogP contribution in [-0.4, -0.2) is 11.0 Å². The second kappa shape index (κ2) is 7.50. The Balaban J connectivity index is 1.42. The first kappa shape index (κ1) is 17.7. The molecule has 0 atom stereocenters. The van der Waals surface area contributed by atoms with E-state index < -0.39 is 5.60 Å². The summed E-state index contributed by atoms with van der Waals surface area (Å²) in [5.74, 6) is 0. The molecule has 1 aromatic heterocycles. The van der Waals surface area contributed by atoms with Crippen molar-refractivity contribution in [3.05, 3.63) is 65.8 Å². The van der Waals surface area contributed by atoms with E-state index in [4.69, 9.17) is 0 Å². The first-order valence-electron chi connectivity index (χ1n) is 9.03. The molecule has 2 amide bonds. The number of benzene rings is 2. The fraction of sp³-hybridized carbons (Fsp3) is 0.238. The summed E-state index contributed by atoms with van der Waals surface area (Å²) in [6, 6.07) is 16.6. The Morgan fingerprint density at radius 3 is 2.22 bits per heavy atom. The van der Waals surface area contributed by atoms with Gasteiger partial charge in [0.2, 0.25) is 0 Å². The molecule has 5 nitrogen and oxygen atoms in total. The highest BCUT2D eigenvalue weighted by Gasteiger charge is 2.38. The lowest BCUT2D eigenvalue weighted by molar-refractivity contribution is -0.0290. The van der Waals surface area contributed by atoms with E-state index in [0.29, 0.717) is 23.5 Å². The van der Waals surface area contributed by atoms with Gasteiger partial charge in [-0.2, -0.15) is 0 Å². The largest absolute Gasteiger partial charge is 0.323 e. The number of para-hydroxylation sites is 1. The van der Waals surface area contributed by atoms with E-state index in [1.165, 1.54) is 11.3 Å². The molecule has 0 unspecified atom stereocenters. The molecule has 1 radical (unpaired) electrons. The van der Waals surface area contributed by atoms with Gasteiger partial charge in [-0.3, -0.25) is 0 Å². The van der Waals surface area contributed by atoms with Crippen LogP contribution in [0.25, 0.3) is 10.4 Å². The van der Waals surface area contributed by atoms with Crippen LogP contribution < -0.4 is 10.6 Å². The molecule has 27 heavy (non-hydrogen) atoms. The van der Waals surface area contributed by atoms with Gasteiger partial charge < -0.3 is 10.6 Å². The summed E-state index contributed by atoms with van der Waals surface area (Å²) in [7, 11) is 0. The van der Waals surface area contributed by atoms with Crippen LogP contribution in [0.1, 0.15) is 30.7 Å². The zero-order valence-corrected chi connectivity index (χ0v) is 15.6. The van der Waals surface area contributed by atoms with Crippen molar-refractivity contribution in [2.75, 3.05) is 10.6 Å². The molecule has 1 saturated carbocycles. The summed E-state index contributed by atoms with van der Waals surface area (Å²) in [5, 5.41) is 19.1. The summed E-state index contributed by atoms with van der Waals surface area (Å²) >= 11 is 1.48. The molecular weight excluding hydrogens is 358 g/mol. The molecular formula is C21H20N3O2S. The number of nitrogens with one attached hydrogen (secondary N) is 2. The van der Waals surface area contributed by atoms with Crippen LogP contribution in [0.2, 0.25) is 0 Å². The molecule has 1 fully saturated rings. The summed E-state index contributed by atoms with van der Waals surface area (Å²) in [5.41, 5.74) is 1.43. The van der Waals surface area contributed by atoms with Crippen LogP contribution in [0.5, 0.6) is 0 Å². The lowest BCUT2D eigenvalue weighted by Gasteiger charge is -2.14. The first-order valence-corrected chi connectivity index (χ1v) is 9.84. The van der Waals surface area contributed by atoms with Crippen LogP contribution in [0.15, 0.2) is 60.8 Å². The number of rotatable bonds is 4. The monoisotopic (exact) mass is 378 g/mol. The van der Waals surface area contributed by atoms with E-state index in [0.717, 1.165) is 29.0 Å². The molecule has 3 aromatic rings. The van der Waals surface area contributed by atoms with E-state index in [2.05, 4.69) is 15.6 Å². The molecule has 1 heterocycles. The lowest BCUT2D eigenvalue weighted by Crippen LogP contribution is -2.19. The van der Waals surface area contributed by atoms with Crippen LogP contribution in [0.4, 0.5) is 16.2 Å². The van der Waals surface area contributed by atoms with Gasteiger partial charge in [-0.15, -0.1) is 11.3 Å². The molecule has 1 aliphatic carbocycles. The third-order valence-corrected chi connectivity index (χ3v) is 6.00. The molecule has 0 bridgehead atoms. The Kier molecular flexibility index (Phi) is 4.92. The van der Waals surface area contributed by atoms with Gasteiger partial charge in [0.1, 0.15) is 5.01 Å². The van der Waals surface area contributed by atoms with Crippen molar-refractivity contribution in [2.45, 2.75) is 31.3 Å². The van der Waals surface area contributed by atoms with Crippen molar-refractivity contribution in [3.8, 4) is 10.4 Å². The minimum absolute atomic E-state index is 0.288. The van der Waals surface area contributed by atoms with Gasteiger partial charge in [0.15, 0.2) is 5.60 Å². The molecule has 2 aromatic carbocycles. The lowest BCUT2D eigenvalue weighted by atomic mass is 10.0. The fourth-order valence-electron chi connectivity index (χ4n) is 3.31. The van der Waals surface area contributed by atoms with E-state index >= 15 is 0 Å². The highest BCUT2D eigenvalue weighted by molar-refractivity contribution is 7.15. The highest BCUT2D eigenvalue weighted by Crippen LogP contribution is 2.42. The minimum atomic E-state index is -1.00. The summed E-state index contributed by atoms with van der Waals surface area (Å²) in [6.45, 7) is 0. The maximum absolute atomic E-state index is 12.8. The standard InChI is InChI=1S/C21H20N3O2S/c25-20(23-16-6-2-1-3-7-16)24-17-10-8-15(9-11-17)18-14-22-19(27-18)21(26)12-4-5-13-21/h1-3,6-11,14H,4-5,12-13H2,(H2,23,24,25). The zero-order chi connectivity index (χ0) is 18.7. The van der Waals surface area contributed by atoms with E-state index in [-0.39, 0.29) is 6.03 Å². The molecule has 2 N–H and O–H groups in total.